The van der Waals surface area contributed by atoms with Crippen LogP contribution in [0.3, 0.4) is 0 Å². The molecular weight excluding hydrogens is 400 g/mol. The van der Waals surface area contributed by atoms with E-state index in [0.717, 1.165) is 22.3 Å². The molecule has 164 valence electrons. The van der Waals surface area contributed by atoms with E-state index in [2.05, 4.69) is 36.4 Å². The van der Waals surface area contributed by atoms with Crippen molar-refractivity contribution in [1.29, 1.82) is 0 Å². The molecule has 0 radical (unpaired) electrons. The van der Waals surface area contributed by atoms with Crippen LogP contribution in [-0.4, -0.2) is 35.8 Å². The predicted molar refractivity (Wildman–Crippen MR) is 123 cm³/mol. The van der Waals surface area contributed by atoms with E-state index in [1.54, 1.807) is 0 Å². The molecule has 1 saturated heterocycles. The third-order valence-electron chi connectivity index (χ3n) is 6.21. The maximum absolute atomic E-state index is 10.5. The number of aliphatic hydroxyl groups excluding tert-OH is 1. The van der Waals surface area contributed by atoms with E-state index in [9.17, 15) is 5.11 Å². The van der Waals surface area contributed by atoms with Crippen LogP contribution < -0.4 is 0 Å². The Morgan fingerprint density at radius 2 is 1.25 bits per heavy atom. The van der Waals surface area contributed by atoms with Crippen molar-refractivity contribution in [3.63, 3.8) is 0 Å². The molecule has 1 heterocycles. The van der Waals surface area contributed by atoms with Gasteiger partial charge in [-0.15, -0.1) is 0 Å². The van der Waals surface area contributed by atoms with Crippen LogP contribution in [0.2, 0.25) is 0 Å². The molecule has 1 N–H and O–H groups in total. The van der Waals surface area contributed by atoms with Crippen LogP contribution in [-0.2, 0) is 19.8 Å². The van der Waals surface area contributed by atoms with Crippen LogP contribution in [0.4, 0.5) is 0 Å². The summed E-state index contributed by atoms with van der Waals surface area (Å²) in [6, 6.07) is 30.8. The zero-order valence-electron chi connectivity index (χ0n) is 18.3. The van der Waals surface area contributed by atoms with Gasteiger partial charge in [-0.05, 0) is 42.2 Å². The van der Waals surface area contributed by atoms with Gasteiger partial charge >= 0.3 is 0 Å². The largest absolute Gasteiger partial charge is 0.386 e. The Labute approximate surface area is 189 Å². The molecule has 0 bridgehead atoms. The van der Waals surface area contributed by atoms with Crippen molar-refractivity contribution in [2.75, 3.05) is 6.61 Å². The Balaban J connectivity index is 1.57. The number of fused-ring (bicyclic) bond motifs is 1. The second-order valence-corrected chi connectivity index (χ2v) is 8.82. The summed E-state index contributed by atoms with van der Waals surface area (Å²) in [5.74, 6) is -0.731. The zero-order valence-corrected chi connectivity index (χ0v) is 18.3. The molecule has 5 rings (SSSR count). The molecule has 4 heteroatoms. The van der Waals surface area contributed by atoms with Crippen molar-refractivity contribution < 1.29 is 19.3 Å². The first-order valence-corrected chi connectivity index (χ1v) is 11.0. The summed E-state index contributed by atoms with van der Waals surface area (Å²) < 4.78 is 18.9. The highest BCUT2D eigenvalue weighted by atomic mass is 16.8. The van der Waals surface area contributed by atoms with Crippen LogP contribution in [0.25, 0.3) is 0 Å². The molecule has 3 aromatic rings. The summed E-state index contributed by atoms with van der Waals surface area (Å²) in [5, 5.41) is 10.5. The van der Waals surface area contributed by atoms with Gasteiger partial charge in [0.25, 0.3) is 0 Å². The molecule has 32 heavy (non-hydrogen) atoms. The van der Waals surface area contributed by atoms with Gasteiger partial charge in [0.1, 0.15) is 23.9 Å². The highest BCUT2D eigenvalue weighted by molar-refractivity contribution is 5.47. The summed E-state index contributed by atoms with van der Waals surface area (Å²) >= 11 is 0. The number of hydrogen-bond donors (Lipinski definition) is 1. The topological polar surface area (TPSA) is 47.9 Å². The quantitative estimate of drug-likeness (QED) is 0.452. The van der Waals surface area contributed by atoms with E-state index in [1.807, 2.05) is 74.5 Å². The first-order chi connectivity index (χ1) is 15.5. The number of ether oxygens (including phenoxy) is 3. The average molecular weight is 429 g/mol. The lowest BCUT2D eigenvalue weighted by Gasteiger charge is -2.36. The fraction of sp³-hybridized carbons (Fsp3) is 0.286. The lowest BCUT2D eigenvalue weighted by atomic mass is 9.80. The van der Waals surface area contributed by atoms with Crippen LogP contribution >= 0.6 is 0 Å². The van der Waals surface area contributed by atoms with Crippen molar-refractivity contribution in [2.45, 2.75) is 43.5 Å². The lowest BCUT2D eigenvalue weighted by Crippen LogP contribution is -2.35. The van der Waals surface area contributed by atoms with Gasteiger partial charge in [0, 0.05) is 0 Å². The van der Waals surface area contributed by atoms with Gasteiger partial charge < -0.3 is 19.3 Å². The summed E-state index contributed by atoms with van der Waals surface area (Å²) in [4.78, 5) is 0. The molecule has 1 fully saturated rings. The van der Waals surface area contributed by atoms with Crippen molar-refractivity contribution in [3.8, 4) is 0 Å². The SMILES string of the molecule is CC1(C)O[C@@H]2C(COC(c3ccccc3)(c3ccccc3)c3ccccc3)=CC(O)[C@@H]2O1. The molecule has 0 aromatic heterocycles. The van der Waals surface area contributed by atoms with Gasteiger partial charge in [0.05, 0.1) is 6.61 Å². The second-order valence-electron chi connectivity index (χ2n) is 8.82. The molecular formula is C28H28O4. The smallest absolute Gasteiger partial charge is 0.164 e. The van der Waals surface area contributed by atoms with E-state index in [4.69, 9.17) is 14.2 Å². The van der Waals surface area contributed by atoms with Gasteiger partial charge in [0.15, 0.2) is 5.79 Å². The minimum absolute atomic E-state index is 0.302. The number of hydrogen-bond acceptors (Lipinski definition) is 4. The Hall–Kier alpha value is -2.76. The third kappa shape index (κ3) is 3.70. The first kappa shape index (κ1) is 21.1. The maximum atomic E-state index is 10.5. The molecule has 1 aliphatic heterocycles. The molecule has 3 atom stereocenters. The van der Waals surface area contributed by atoms with E-state index >= 15 is 0 Å². The third-order valence-corrected chi connectivity index (χ3v) is 6.21. The Bertz CT molecular complexity index is 980. The Morgan fingerprint density at radius 3 is 1.72 bits per heavy atom. The molecule has 2 aliphatic rings. The van der Waals surface area contributed by atoms with E-state index in [0.29, 0.717) is 6.61 Å². The van der Waals surface area contributed by atoms with Gasteiger partial charge in [-0.3, -0.25) is 0 Å². The minimum Gasteiger partial charge on any atom is -0.386 e. The molecule has 4 nitrogen and oxygen atoms in total. The maximum Gasteiger partial charge on any atom is 0.164 e. The number of aliphatic hydroxyl groups is 1. The summed E-state index contributed by atoms with van der Waals surface area (Å²) in [6.45, 7) is 4.05. The van der Waals surface area contributed by atoms with Crippen molar-refractivity contribution >= 4 is 0 Å². The molecule has 1 aliphatic carbocycles. The van der Waals surface area contributed by atoms with Crippen LogP contribution in [0, 0.1) is 0 Å². The highest BCUT2D eigenvalue weighted by Gasteiger charge is 2.50. The normalized spacial score (nSPS) is 24.2. The van der Waals surface area contributed by atoms with Crippen molar-refractivity contribution in [2.24, 2.45) is 0 Å². The average Bonchev–Trinajstić information content (AvgIpc) is 3.29. The molecule has 3 aromatic carbocycles. The lowest BCUT2D eigenvalue weighted by molar-refractivity contribution is -0.153. The van der Waals surface area contributed by atoms with E-state index in [1.165, 1.54) is 0 Å². The van der Waals surface area contributed by atoms with Crippen LogP contribution in [0.1, 0.15) is 30.5 Å². The summed E-state index contributed by atoms with van der Waals surface area (Å²) in [5.41, 5.74) is 3.20. The molecule has 1 unspecified atom stereocenters. The first-order valence-electron chi connectivity index (χ1n) is 11.0. The van der Waals surface area contributed by atoms with Gasteiger partial charge in [-0.25, -0.2) is 0 Å². The van der Waals surface area contributed by atoms with Crippen molar-refractivity contribution in [1.82, 2.24) is 0 Å². The number of rotatable bonds is 6. The zero-order chi connectivity index (χ0) is 22.2. The predicted octanol–water partition coefficient (Wildman–Crippen LogP) is 4.82. The van der Waals surface area contributed by atoms with E-state index < -0.39 is 23.6 Å². The van der Waals surface area contributed by atoms with E-state index in [-0.39, 0.29) is 6.10 Å². The van der Waals surface area contributed by atoms with Gasteiger partial charge in [0.2, 0.25) is 0 Å². The number of benzene rings is 3. The summed E-state index contributed by atoms with van der Waals surface area (Å²) in [7, 11) is 0. The highest BCUT2D eigenvalue weighted by Crippen LogP contribution is 2.43. The Morgan fingerprint density at radius 1 is 0.781 bits per heavy atom. The van der Waals surface area contributed by atoms with Crippen LogP contribution in [0.5, 0.6) is 0 Å². The minimum atomic E-state index is -0.817. The Kier molecular flexibility index (Phi) is 5.48. The van der Waals surface area contributed by atoms with Crippen molar-refractivity contribution in [3.05, 3.63) is 119 Å². The fourth-order valence-electron chi connectivity index (χ4n) is 4.83. The molecule has 0 saturated carbocycles. The monoisotopic (exact) mass is 428 g/mol. The van der Waals surface area contributed by atoms with Gasteiger partial charge in [-0.2, -0.15) is 0 Å². The van der Waals surface area contributed by atoms with Gasteiger partial charge in [-0.1, -0.05) is 91.0 Å². The fourth-order valence-corrected chi connectivity index (χ4v) is 4.83. The summed E-state index contributed by atoms with van der Waals surface area (Å²) in [6.07, 6.45) is 0.388. The molecule has 0 spiro atoms. The van der Waals surface area contributed by atoms with Crippen LogP contribution in [0.15, 0.2) is 103 Å². The second kappa shape index (κ2) is 8.30. The molecule has 0 amide bonds. The standard InChI is InChI=1S/C28H28O4/c1-27(2)31-25-20(18-24(29)26(25)32-27)19-30-28(21-12-6-3-7-13-21,22-14-8-4-9-15-22)23-16-10-5-11-17-23/h3-18,24-26,29H,19H2,1-2H3/t24?,25-,26+/m1/s1.